The van der Waals surface area contributed by atoms with Crippen LogP contribution in [0.25, 0.3) is 0 Å². The molecule has 1 aromatic heterocycles. The van der Waals surface area contributed by atoms with Crippen LogP contribution in [0.3, 0.4) is 0 Å². The quantitative estimate of drug-likeness (QED) is 0.755. The first-order valence-electron chi connectivity index (χ1n) is 5.87. The van der Waals surface area contributed by atoms with E-state index in [2.05, 4.69) is 11.1 Å². The molecule has 0 aliphatic carbocycles. The van der Waals surface area contributed by atoms with Crippen molar-refractivity contribution < 1.29 is 47.0 Å². The molecule has 0 aliphatic rings. The minimum atomic E-state index is -0.0125. The van der Waals surface area contributed by atoms with Gasteiger partial charge < -0.3 is 9.47 Å². The first-order valence-corrected chi connectivity index (χ1v) is 5.87. The van der Waals surface area contributed by atoms with Gasteiger partial charge in [-0.25, -0.2) is 0 Å². The van der Waals surface area contributed by atoms with Gasteiger partial charge in [0.15, 0.2) is 5.78 Å². The van der Waals surface area contributed by atoms with Gasteiger partial charge in [-0.2, -0.15) is 18.2 Å². The van der Waals surface area contributed by atoms with Crippen LogP contribution in [0, 0.1) is 6.07 Å². The molecule has 0 fully saturated rings. The van der Waals surface area contributed by atoms with Crippen LogP contribution in [0.4, 0.5) is 0 Å². The van der Waals surface area contributed by atoms with Crippen molar-refractivity contribution in [2.24, 2.45) is 0 Å². The summed E-state index contributed by atoms with van der Waals surface area (Å²) in [7, 11) is 1.50. The number of pyridine rings is 1. The molecule has 4 nitrogen and oxygen atoms in total. The Hall–Kier alpha value is -1.10. The van der Waals surface area contributed by atoms with E-state index in [1.165, 1.54) is 7.11 Å². The van der Waals surface area contributed by atoms with Crippen LogP contribution in [0.1, 0.15) is 5.69 Å². The zero-order chi connectivity index (χ0) is 13.5. The fourth-order valence-electron chi connectivity index (χ4n) is 1.61. The second-order valence-corrected chi connectivity index (χ2v) is 3.97. The number of hydrogen-bond acceptors (Lipinski definition) is 4. The summed E-state index contributed by atoms with van der Waals surface area (Å²) in [6.45, 7) is 0.0985. The summed E-state index contributed by atoms with van der Waals surface area (Å²) in [5, 5.41) is 0. The first-order chi connectivity index (χ1) is 9.28. The maximum absolute atomic E-state index is 11.5. The van der Waals surface area contributed by atoms with E-state index in [1.54, 1.807) is 30.5 Å². The van der Waals surface area contributed by atoms with Gasteiger partial charge in [-0.05, 0) is 6.07 Å². The molecule has 0 spiro atoms. The Morgan fingerprint density at radius 1 is 1.25 bits per heavy atom. The van der Waals surface area contributed by atoms with Gasteiger partial charge in [-0.3, -0.25) is 9.78 Å². The summed E-state index contributed by atoms with van der Waals surface area (Å²) in [6, 6.07) is 13.6. The van der Waals surface area contributed by atoms with Crippen molar-refractivity contribution >= 4 is 5.78 Å². The zero-order valence-corrected chi connectivity index (χ0v) is 14.0. The van der Waals surface area contributed by atoms with Crippen LogP contribution in [0.15, 0.2) is 42.6 Å². The second-order valence-electron chi connectivity index (χ2n) is 3.97. The van der Waals surface area contributed by atoms with Gasteiger partial charge in [0.05, 0.1) is 12.1 Å². The minimum absolute atomic E-state index is 0. The third kappa shape index (κ3) is 5.49. The molecule has 1 heterocycles. The third-order valence-corrected chi connectivity index (χ3v) is 2.39. The normalized spacial score (nSPS) is 9.65. The molecule has 0 unspecified atom stereocenters. The molecule has 1 radical (unpaired) electrons. The Morgan fingerprint density at radius 3 is 2.70 bits per heavy atom. The van der Waals surface area contributed by atoms with Crippen LogP contribution in [0.5, 0.6) is 11.5 Å². The molecule has 0 N–H and O–H groups in total. The molecule has 0 saturated carbocycles. The van der Waals surface area contributed by atoms with E-state index in [4.69, 9.17) is 9.47 Å². The number of nitrogens with zero attached hydrogens (tertiary/aromatic N) is 1. The molecule has 0 aliphatic heterocycles. The van der Waals surface area contributed by atoms with Crippen molar-refractivity contribution in [2.45, 2.75) is 6.42 Å². The molecule has 1 aromatic carbocycles. The predicted octanol–water partition coefficient (Wildman–Crippen LogP) is 2.43. The largest absolute Gasteiger partial charge is 0.483 e. The summed E-state index contributed by atoms with van der Waals surface area (Å²) in [4.78, 5) is 15.6. The van der Waals surface area contributed by atoms with Crippen molar-refractivity contribution in [1.29, 1.82) is 0 Å². The Bertz CT molecular complexity index is 546. The molecule has 0 amide bonds. The fraction of sp³-hybridized carbons (Fsp3) is 0.200. The van der Waals surface area contributed by atoms with E-state index in [0.717, 1.165) is 5.75 Å². The topological polar surface area (TPSA) is 48.4 Å². The van der Waals surface area contributed by atoms with Crippen molar-refractivity contribution in [2.75, 3.05) is 13.7 Å². The monoisotopic (exact) mass is 345 g/mol. The van der Waals surface area contributed by atoms with Crippen molar-refractivity contribution in [1.82, 2.24) is 4.98 Å². The molecule has 101 valence electrons. The van der Waals surface area contributed by atoms with Gasteiger partial charge in [-0.15, -0.1) is 12.1 Å². The van der Waals surface area contributed by atoms with Gasteiger partial charge in [0.2, 0.25) is 0 Å². The fourth-order valence-corrected chi connectivity index (χ4v) is 1.61. The van der Waals surface area contributed by atoms with E-state index in [1.807, 2.05) is 12.1 Å². The van der Waals surface area contributed by atoms with Gasteiger partial charge in [0.25, 0.3) is 0 Å². The van der Waals surface area contributed by atoms with Crippen LogP contribution in [0.2, 0.25) is 0 Å². The zero-order valence-electron chi connectivity index (χ0n) is 11.2. The third-order valence-electron chi connectivity index (χ3n) is 2.39. The Balaban J connectivity index is 0.00000200. The second kappa shape index (κ2) is 8.95. The molecule has 20 heavy (non-hydrogen) atoms. The summed E-state index contributed by atoms with van der Waals surface area (Å²) < 4.78 is 10.4. The standard InChI is InChI=1S/C15H14NO3.Y/c1-18-11-13(17)9-12-10-15(7-8-16-12)19-14-5-3-2-4-6-14;/h3-8,10H,9,11H2,1H3;/q-1;. The van der Waals surface area contributed by atoms with E-state index < -0.39 is 0 Å². The van der Waals surface area contributed by atoms with E-state index in [-0.39, 0.29) is 51.5 Å². The van der Waals surface area contributed by atoms with Gasteiger partial charge in [0.1, 0.15) is 12.4 Å². The summed E-state index contributed by atoms with van der Waals surface area (Å²) in [5.41, 5.74) is 0.669. The summed E-state index contributed by atoms with van der Waals surface area (Å²) in [5.74, 6) is 1.36. The van der Waals surface area contributed by atoms with Crippen LogP contribution in [-0.4, -0.2) is 24.5 Å². The number of methoxy groups -OCH3 is 1. The summed E-state index contributed by atoms with van der Waals surface area (Å²) in [6.07, 6.45) is 1.87. The van der Waals surface area contributed by atoms with Crippen LogP contribution < -0.4 is 4.74 Å². The minimum Gasteiger partial charge on any atom is -0.483 e. The van der Waals surface area contributed by atoms with Gasteiger partial charge >= 0.3 is 0 Å². The molecule has 2 rings (SSSR count). The van der Waals surface area contributed by atoms with Gasteiger partial charge in [-0.1, -0.05) is 0 Å². The van der Waals surface area contributed by atoms with E-state index >= 15 is 0 Å². The van der Waals surface area contributed by atoms with Gasteiger partial charge in [0, 0.05) is 57.8 Å². The number of Topliss-reactive ketones (excluding diaryl/α,β-unsaturated/α-hetero) is 1. The average molecular weight is 345 g/mol. The SMILES string of the molecule is COCC(=O)Cc1cc(Oc2cc[c-]cc2)ccn1.[Y]. The van der Waals surface area contributed by atoms with Crippen LogP contribution in [-0.2, 0) is 48.7 Å². The Morgan fingerprint density at radius 2 is 2.00 bits per heavy atom. The van der Waals surface area contributed by atoms with Crippen molar-refractivity contribution in [3.05, 3.63) is 54.4 Å². The number of carbonyl (C=O) groups excluding carboxylic acids is 1. The Labute approximate surface area is 143 Å². The molecule has 2 aromatic rings. The number of ether oxygens (including phenoxy) is 2. The number of aromatic nitrogens is 1. The van der Waals surface area contributed by atoms with E-state index in [9.17, 15) is 4.79 Å². The number of rotatable bonds is 6. The summed E-state index contributed by atoms with van der Waals surface area (Å²) >= 11 is 0. The first kappa shape index (κ1) is 17.0. The maximum Gasteiger partial charge on any atom is 0.164 e. The number of carbonyl (C=O) groups is 1. The van der Waals surface area contributed by atoms with Crippen molar-refractivity contribution in [3.8, 4) is 11.5 Å². The number of benzene rings is 1. The maximum atomic E-state index is 11.5. The molecular weight excluding hydrogens is 331 g/mol. The van der Waals surface area contributed by atoms with Crippen molar-refractivity contribution in [3.63, 3.8) is 0 Å². The Kier molecular flexibility index (Phi) is 7.59. The molecule has 0 bridgehead atoms. The van der Waals surface area contributed by atoms with Crippen LogP contribution >= 0.6 is 0 Å². The molecular formula is C15H14NO3Y-. The number of hydrogen-bond donors (Lipinski definition) is 0. The molecule has 5 heteroatoms. The molecule has 0 saturated heterocycles. The molecule has 0 atom stereocenters. The average Bonchev–Trinajstić information content (AvgIpc) is 2.40. The smallest absolute Gasteiger partial charge is 0.164 e. The number of ketones is 1. The predicted molar refractivity (Wildman–Crippen MR) is 70.2 cm³/mol. The van der Waals surface area contributed by atoms with E-state index in [0.29, 0.717) is 11.4 Å².